The Morgan fingerprint density at radius 1 is 1.18 bits per heavy atom. The lowest BCUT2D eigenvalue weighted by molar-refractivity contribution is 0.356. The molecule has 0 fully saturated rings. The summed E-state index contributed by atoms with van der Waals surface area (Å²) < 4.78 is 10.6. The molecule has 0 radical (unpaired) electrons. The van der Waals surface area contributed by atoms with Crippen LogP contribution in [-0.4, -0.2) is 25.9 Å². The van der Waals surface area contributed by atoms with Crippen molar-refractivity contribution in [1.29, 1.82) is 0 Å². The van der Waals surface area contributed by atoms with Gasteiger partial charge in [-0.3, -0.25) is 0 Å². The van der Waals surface area contributed by atoms with Crippen LogP contribution in [0.1, 0.15) is 0 Å². The van der Waals surface area contributed by atoms with Crippen LogP contribution in [0.3, 0.4) is 0 Å². The van der Waals surface area contributed by atoms with Crippen LogP contribution in [-0.2, 0) is 0 Å². The van der Waals surface area contributed by atoms with Crippen molar-refractivity contribution in [3.63, 3.8) is 0 Å². The van der Waals surface area contributed by atoms with E-state index >= 15 is 0 Å². The molecule has 0 spiro atoms. The monoisotopic (exact) mass is 231 g/mol. The van der Waals surface area contributed by atoms with Crippen LogP contribution >= 0.6 is 0 Å². The summed E-state index contributed by atoms with van der Waals surface area (Å²) in [6, 6.07) is 3.89. The number of nitrogens with zero attached hydrogens (tertiary/aromatic N) is 1. The van der Waals surface area contributed by atoms with Crippen molar-refractivity contribution in [3.8, 4) is 11.5 Å². The normalized spacial score (nSPS) is 13.3. The van der Waals surface area contributed by atoms with Crippen LogP contribution in [0.2, 0.25) is 0 Å². The SMILES string of the molecule is COc1cc2[nH]c3c(c2cc1OC)=CNCN=3. The van der Waals surface area contributed by atoms with Crippen LogP contribution in [0.4, 0.5) is 0 Å². The lowest BCUT2D eigenvalue weighted by atomic mass is 10.2. The van der Waals surface area contributed by atoms with Crippen molar-refractivity contribution in [1.82, 2.24) is 10.3 Å². The Bertz CT molecular complexity index is 688. The van der Waals surface area contributed by atoms with Crippen LogP contribution in [0.15, 0.2) is 17.1 Å². The number of ether oxygens (including phenoxy) is 2. The Kier molecular flexibility index (Phi) is 2.18. The van der Waals surface area contributed by atoms with E-state index in [2.05, 4.69) is 15.3 Å². The number of fused-ring (bicyclic) bond motifs is 3. The number of nitrogens with one attached hydrogen (secondary N) is 2. The highest BCUT2D eigenvalue weighted by Crippen LogP contribution is 2.29. The molecule has 3 rings (SSSR count). The van der Waals surface area contributed by atoms with Gasteiger partial charge >= 0.3 is 0 Å². The van der Waals surface area contributed by atoms with Crippen molar-refractivity contribution in [3.05, 3.63) is 22.8 Å². The Hall–Kier alpha value is -2.17. The molecular weight excluding hydrogens is 218 g/mol. The number of hydrogen-bond donors (Lipinski definition) is 2. The Morgan fingerprint density at radius 2 is 1.94 bits per heavy atom. The molecule has 0 bridgehead atoms. The first-order chi connectivity index (χ1) is 8.33. The number of aromatic amines is 1. The van der Waals surface area contributed by atoms with Gasteiger partial charge in [0.2, 0.25) is 0 Å². The summed E-state index contributed by atoms with van der Waals surface area (Å²) in [5.41, 5.74) is 1.89. The highest BCUT2D eigenvalue weighted by molar-refractivity contribution is 5.84. The Morgan fingerprint density at radius 3 is 2.71 bits per heavy atom. The largest absolute Gasteiger partial charge is 0.493 e. The average molecular weight is 231 g/mol. The predicted octanol–water partition coefficient (Wildman–Crippen LogP) is 0.103. The van der Waals surface area contributed by atoms with Crippen molar-refractivity contribution in [2.24, 2.45) is 4.99 Å². The minimum Gasteiger partial charge on any atom is -0.493 e. The van der Waals surface area contributed by atoms with Crippen LogP contribution in [0.25, 0.3) is 17.1 Å². The van der Waals surface area contributed by atoms with E-state index in [0.29, 0.717) is 12.4 Å². The molecule has 2 heterocycles. The summed E-state index contributed by atoms with van der Waals surface area (Å²) in [6.45, 7) is 0.605. The Balaban J connectivity index is 2.41. The van der Waals surface area contributed by atoms with Gasteiger partial charge < -0.3 is 19.8 Å². The molecule has 2 aromatic rings. The molecule has 5 nitrogen and oxygen atoms in total. The quantitative estimate of drug-likeness (QED) is 0.771. The van der Waals surface area contributed by atoms with Crippen molar-refractivity contribution >= 4 is 17.1 Å². The maximum absolute atomic E-state index is 5.30. The highest BCUT2D eigenvalue weighted by atomic mass is 16.5. The summed E-state index contributed by atoms with van der Waals surface area (Å²) in [4.78, 5) is 7.63. The van der Waals surface area contributed by atoms with Gasteiger partial charge in [0.15, 0.2) is 11.5 Å². The number of H-pyrrole nitrogens is 1. The third-order valence-electron chi connectivity index (χ3n) is 2.90. The van der Waals surface area contributed by atoms with Gasteiger partial charge in [-0.1, -0.05) is 0 Å². The van der Waals surface area contributed by atoms with Crippen molar-refractivity contribution in [2.75, 3.05) is 20.9 Å². The van der Waals surface area contributed by atoms with Gasteiger partial charge in [0, 0.05) is 22.9 Å². The van der Waals surface area contributed by atoms with Gasteiger partial charge in [0.25, 0.3) is 0 Å². The van der Waals surface area contributed by atoms with Gasteiger partial charge in [-0.25, -0.2) is 4.99 Å². The fraction of sp³-hybridized carbons (Fsp3) is 0.250. The van der Waals surface area contributed by atoms with Crippen LogP contribution in [0, 0.1) is 0 Å². The number of methoxy groups -OCH3 is 2. The van der Waals surface area contributed by atoms with Crippen LogP contribution in [0.5, 0.6) is 11.5 Å². The summed E-state index contributed by atoms with van der Waals surface area (Å²) >= 11 is 0. The van der Waals surface area contributed by atoms with E-state index in [0.717, 1.165) is 27.4 Å². The molecule has 1 aliphatic rings. The first-order valence-corrected chi connectivity index (χ1v) is 5.35. The number of rotatable bonds is 2. The zero-order chi connectivity index (χ0) is 11.8. The minimum atomic E-state index is 0.605. The zero-order valence-electron chi connectivity index (χ0n) is 9.70. The third-order valence-corrected chi connectivity index (χ3v) is 2.90. The van der Waals surface area contributed by atoms with E-state index in [1.54, 1.807) is 14.2 Å². The first kappa shape index (κ1) is 10.0. The fourth-order valence-electron chi connectivity index (χ4n) is 2.07. The minimum absolute atomic E-state index is 0.605. The molecule has 0 saturated carbocycles. The van der Waals surface area contributed by atoms with E-state index in [1.807, 2.05) is 18.3 Å². The molecular formula is C12H13N3O2. The topological polar surface area (TPSA) is 58.6 Å². The molecule has 5 heteroatoms. The zero-order valence-corrected chi connectivity index (χ0v) is 9.70. The van der Waals surface area contributed by atoms with Gasteiger partial charge in [-0.15, -0.1) is 0 Å². The molecule has 2 N–H and O–H groups in total. The smallest absolute Gasteiger partial charge is 0.162 e. The number of benzene rings is 1. The standard InChI is InChI=1S/C12H13N3O2/c1-16-10-3-7-8-5-13-6-14-12(8)15-9(7)4-11(10)17-2/h3-5,13H,6H2,1-2H3,(H,14,15). The highest BCUT2D eigenvalue weighted by Gasteiger charge is 2.10. The second kappa shape index (κ2) is 3.69. The maximum atomic E-state index is 5.30. The molecule has 1 aliphatic heterocycles. The molecule has 1 aromatic heterocycles. The van der Waals surface area contributed by atoms with E-state index in [4.69, 9.17) is 9.47 Å². The second-order valence-electron chi connectivity index (χ2n) is 3.80. The third kappa shape index (κ3) is 1.43. The van der Waals surface area contributed by atoms with Gasteiger partial charge in [0.1, 0.15) is 12.2 Å². The van der Waals surface area contributed by atoms with E-state index < -0.39 is 0 Å². The maximum Gasteiger partial charge on any atom is 0.162 e. The first-order valence-electron chi connectivity index (χ1n) is 5.35. The molecule has 0 unspecified atom stereocenters. The summed E-state index contributed by atoms with van der Waals surface area (Å²) in [7, 11) is 3.26. The number of hydrogen-bond acceptors (Lipinski definition) is 4. The van der Waals surface area contributed by atoms with Gasteiger partial charge in [-0.05, 0) is 6.07 Å². The van der Waals surface area contributed by atoms with Crippen LogP contribution < -0.4 is 25.5 Å². The predicted molar refractivity (Wildman–Crippen MR) is 64.7 cm³/mol. The van der Waals surface area contributed by atoms with E-state index in [1.165, 1.54) is 0 Å². The summed E-state index contributed by atoms with van der Waals surface area (Å²) in [6.07, 6.45) is 1.97. The molecule has 0 aliphatic carbocycles. The molecule has 0 saturated heterocycles. The molecule has 17 heavy (non-hydrogen) atoms. The van der Waals surface area contributed by atoms with Crippen molar-refractivity contribution < 1.29 is 9.47 Å². The van der Waals surface area contributed by atoms with Gasteiger partial charge in [0.05, 0.1) is 19.7 Å². The second-order valence-corrected chi connectivity index (χ2v) is 3.80. The van der Waals surface area contributed by atoms with Gasteiger partial charge in [-0.2, -0.15) is 0 Å². The molecule has 88 valence electrons. The van der Waals surface area contributed by atoms with Crippen molar-refractivity contribution in [2.45, 2.75) is 0 Å². The molecule has 0 amide bonds. The molecule has 0 atom stereocenters. The summed E-state index contributed by atoms with van der Waals surface area (Å²) in [5, 5.41) is 5.24. The summed E-state index contributed by atoms with van der Waals surface area (Å²) in [5.74, 6) is 1.44. The van der Waals surface area contributed by atoms with E-state index in [9.17, 15) is 0 Å². The lowest BCUT2D eigenvalue weighted by Crippen LogP contribution is -2.32. The lowest BCUT2D eigenvalue weighted by Gasteiger charge is -2.06. The number of aromatic nitrogens is 1. The fourth-order valence-corrected chi connectivity index (χ4v) is 2.07. The van der Waals surface area contributed by atoms with E-state index in [-0.39, 0.29) is 0 Å². The molecule has 1 aromatic carbocycles. The Labute approximate surface area is 97.8 Å². The average Bonchev–Trinajstić information content (AvgIpc) is 2.74.